The molecule has 0 bridgehead atoms. The number of halogens is 1. The number of ether oxygens (including phenoxy) is 2. The third-order valence-corrected chi connectivity index (χ3v) is 1.48. The summed E-state index contributed by atoms with van der Waals surface area (Å²) in [5.74, 6) is 0.582. The molecule has 0 fully saturated rings. The lowest BCUT2D eigenvalue weighted by Gasteiger charge is -2.12. The molecule has 0 amide bonds. The molecule has 1 rings (SSSR count). The Balaban J connectivity index is 2.23. The Morgan fingerprint density at radius 3 is 3.30 bits per heavy atom. The Bertz CT molecular complexity index is 114. The van der Waals surface area contributed by atoms with E-state index < -0.39 is 0 Å². The molecule has 0 saturated heterocycles. The number of alkyl halides is 1. The van der Waals surface area contributed by atoms with Crippen LogP contribution < -0.4 is 0 Å². The van der Waals surface area contributed by atoms with Gasteiger partial charge in [0.2, 0.25) is 0 Å². The molecular formula is C7H11ClO2. The first kappa shape index (κ1) is 7.89. The van der Waals surface area contributed by atoms with E-state index in [4.69, 9.17) is 21.1 Å². The van der Waals surface area contributed by atoms with Crippen molar-refractivity contribution < 1.29 is 9.47 Å². The second kappa shape index (κ2) is 4.58. The zero-order chi connectivity index (χ0) is 7.23. The summed E-state index contributed by atoms with van der Waals surface area (Å²) in [7, 11) is 0. The van der Waals surface area contributed by atoms with E-state index in [0.717, 1.165) is 19.4 Å². The minimum absolute atomic E-state index is 0.128. The fourth-order valence-corrected chi connectivity index (χ4v) is 0.937. The molecule has 0 aromatic carbocycles. The van der Waals surface area contributed by atoms with Gasteiger partial charge in [-0.05, 0) is 12.5 Å². The van der Waals surface area contributed by atoms with E-state index >= 15 is 0 Å². The highest BCUT2D eigenvalue weighted by Gasteiger charge is 2.08. The van der Waals surface area contributed by atoms with Crippen LogP contribution in [0.5, 0.6) is 0 Å². The Morgan fingerprint density at radius 2 is 2.50 bits per heavy atom. The van der Waals surface area contributed by atoms with Crippen LogP contribution in [0.25, 0.3) is 0 Å². The zero-order valence-electron chi connectivity index (χ0n) is 5.75. The van der Waals surface area contributed by atoms with Crippen molar-refractivity contribution in [2.75, 3.05) is 12.5 Å². The second-order valence-corrected chi connectivity index (χ2v) is 2.45. The summed E-state index contributed by atoms with van der Waals surface area (Å²) >= 11 is 5.50. The van der Waals surface area contributed by atoms with Gasteiger partial charge < -0.3 is 9.47 Å². The Morgan fingerprint density at radius 1 is 1.60 bits per heavy atom. The fourth-order valence-electron chi connectivity index (χ4n) is 0.759. The highest BCUT2D eigenvalue weighted by Crippen LogP contribution is 2.07. The van der Waals surface area contributed by atoms with Gasteiger partial charge in [-0.3, -0.25) is 0 Å². The van der Waals surface area contributed by atoms with Gasteiger partial charge in [0.15, 0.2) is 6.29 Å². The quantitative estimate of drug-likeness (QED) is 0.578. The summed E-state index contributed by atoms with van der Waals surface area (Å²) in [6.07, 6.45) is 5.19. The van der Waals surface area contributed by atoms with E-state index in [1.807, 2.05) is 6.08 Å². The normalized spacial score (nSPS) is 25.5. The Labute approximate surface area is 65.8 Å². The Hall–Kier alpha value is -0.210. The molecule has 1 aliphatic rings. The average Bonchev–Trinajstić information content (AvgIpc) is 2.17. The van der Waals surface area contributed by atoms with Crippen LogP contribution in [0.2, 0.25) is 0 Å². The van der Waals surface area contributed by atoms with Gasteiger partial charge in [-0.1, -0.05) is 0 Å². The molecule has 0 aromatic rings. The first-order valence-electron chi connectivity index (χ1n) is 3.41. The monoisotopic (exact) mass is 162 g/mol. The maximum atomic E-state index is 5.50. The lowest BCUT2D eigenvalue weighted by atomic mass is 10.4. The van der Waals surface area contributed by atoms with Crippen molar-refractivity contribution in [1.29, 1.82) is 0 Å². The molecule has 0 spiro atoms. The summed E-state index contributed by atoms with van der Waals surface area (Å²) < 4.78 is 10.4. The molecule has 58 valence electrons. The summed E-state index contributed by atoms with van der Waals surface area (Å²) in [6.45, 7) is 0.734. The van der Waals surface area contributed by atoms with Crippen LogP contribution in [0, 0.1) is 0 Å². The highest BCUT2D eigenvalue weighted by atomic mass is 35.5. The van der Waals surface area contributed by atoms with Crippen LogP contribution in [0.1, 0.15) is 12.8 Å². The lowest BCUT2D eigenvalue weighted by Crippen LogP contribution is -2.14. The van der Waals surface area contributed by atoms with Crippen molar-refractivity contribution >= 4 is 11.6 Å². The van der Waals surface area contributed by atoms with E-state index in [-0.39, 0.29) is 6.29 Å². The topological polar surface area (TPSA) is 18.5 Å². The lowest BCUT2D eigenvalue weighted by molar-refractivity contribution is -0.0991. The molecule has 1 atom stereocenters. The van der Waals surface area contributed by atoms with Crippen molar-refractivity contribution in [3.8, 4) is 0 Å². The van der Waals surface area contributed by atoms with Crippen LogP contribution in [-0.2, 0) is 9.47 Å². The molecule has 1 aliphatic heterocycles. The Kier molecular flexibility index (Phi) is 3.62. The average molecular weight is 163 g/mol. The van der Waals surface area contributed by atoms with E-state index in [1.165, 1.54) is 0 Å². The standard InChI is InChI=1S/C7H11ClO2/c8-4-3-7-9-5-1-2-6-10-7/h1,5,7H,2-4,6H2/t7-/m0/s1. The fraction of sp³-hybridized carbons (Fsp3) is 0.714. The highest BCUT2D eigenvalue weighted by molar-refractivity contribution is 6.17. The summed E-state index contributed by atoms with van der Waals surface area (Å²) in [4.78, 5) is 0. The van der Waals surface area contributed by atoms with Crippen molar-refractivity contribution in [2.45, 2.75) is 19.1 Å². The van der Waals surface area contributed by atoms with Gasteiger partial charge in [0.25, 0.3) is 0 Å². The molecule has 0 unspecified atom stereocenters. The minimum atomic E-state index is -0.128. The molecule has 10 heavy (non-hydrogen) atoms. The van der Waals surface area contributed by atoms with Gasteiger partial charge in [0, 0.05) is 12.3 Å². The van der Waals surface area contributed by atoms with Gasteiger partial charge in [-0.2, -0.15) is 0 Å². The van der Waals surface area contributed by atoms with Crippen LogP contribution in [-0.4, -0.2) is 18.8 Å². The predicted molar refractivity (Wildman–Crippen MR) is 39.9 cm³/mol. The minimum Gasteiger partial charge on any atom is -0.473 e. The van der Waals surface area contributed by atoms with E-state index in [0.29, 0.717) is 5.88 Å². The summed E-state index contributed by atoms with van der Waals surface area (Å²) in [5.41, 5.74) is 0. The van der Waals surface area contributed by atoms with E-state index in [2.05, 4.69) is 0 Å². The molecule has 0 radical (unpaired) electrons. The molecule has 0 aliphatic carbocycles. The third-order valence-electron chi connectivity index (χ3n) is 1.26. The smallest absolute Gasteiger partial charge is 0.200 e. The first-order chi connectivity index (χ1) is 4.93. The summed E-state index contributed by atoms with van der Waals surface area (Å²) in [5, 5.41) is 0. The number of hydrogen-bond acceptors (Lipinski definition) is 2. The molecule has 3 heteroatoms. The molecule has 2 nitrogen and oxygen atoms in total. The van der Waals surface area contributed by atoms with Crippen molar-refractivity contribution in [3.05, 3.63) is 12.3 Å². The van der Waals surface area contributed by atoms with Crippen molar-refractivity contribution in [1.82, 2.24) is 0 Å². The summed E-state index contributed by atoms with van der Waals surface area (Å²) in [6, 6.07) is 0. The maximum Gasteiger partial charge on any atom is 0.200 e. The van der Waals surface area contributed by atoms with Crippen LogP contribution in [0.15, 0.2) is 12.3 Å². The third kappa shape index (κ3) is 2.58. The van der Waals surface area contributed by atoms with Crippen molar-refractivity contribution in [2.24, 2.45) is 0 Å². The predicted octanol–water partition coefficient (Wildman–Crippen LogP) is 1.89. The molecule has 1 heterocycles. The second-order valence-electron chi connectivity index (χ2n) is 2.07. The maximum absolute atomic E-state index is 5.50. The molecule has 0 saturated carbocycles. The van der Waals surface area contributed by atoms with Gasteiger partial charge in [0.1, 0.15) is 0 Å². The number of rotatable bonds is 2. The molecular weight excluding hydrogens is 152 g/mol. The van der Waals surface area contributed by atoms with E-state index in [1.54, 1.807) is 6.26 Å². The van der Waals surface area contributed by atoms with Crippen LogP contribution in [0.4, 0.5) is 0 Å². The van der Waals surface area contributed by atoms with Crippen LogP contribution >= 0.6 is 11.6 Å². The van der Waals surface area contributed by atoms with Gasteiger partial charge in [-0.15, -0.1) is 11.6 Å². The van der Waals surface area contributed by atoms with Gasteiger partial charge in [-0.25, -0.2) is 0 Å². The first-order valence-corrected chi connectivity index (χ1v) is 3.95. The largest absolute Gasteiger partial charge is 0.473 e. The van der Waals surface area contributed by atoms with Gasteiger partial charge >= 0.3 is 0 Å². The molecule has 0 N–H and O–H groups in total. The van der Waals surface area contributed by atoms with Gasteiger partial charge in [0.05, 0.1) is 12.9 Å². The van der Waals surface area contributed by atoms with E-state index in [9.17, 15) is 0 Å². The zero-order valence-corrected chi connectivity index (χ0v) is 6.51. The number of hydrogen-bond donors (Lipinski definition) is 0. The molecule has 0 aromatic heterocycles. The SMILES string of the molecule is ClCC[C@H]1OC=CCCO1. The van der Waals surface area contributed by atoms with Crippen molar-refractivity contribution in [3.63, 3.8) is 0 Å². The van der Waals surface area contributed by atoms with Crippen LogP contribution in [0.3, 0.4) is 0 Å².